The highest BCUT2D eigenvalue weighted by atomic mass is 15.0. The van der Waals surface area contributed by atoms with Gasteiger partial charge in [0.1, 0.15) is 0 Å². The van der Waals surface area contributed by atoms with Crippen molar-refractivity contribution in [3.8, 4) is 39.6 Å². The van der Waals surface area contributed by atoms with E-state index < -0.39 is 5.41 Å². The molecule has 2 aliphatic carbocycles. The van der Waals surface area contributed by atoms with E-state index in [9.17, 15) is 0 Å². The molecule has 0 saturated carbocycles. The normalized spacial score (nSPS) is 15.7. The largest absolute Gasteiger partial charge is 0.309 e. The molecule has 11 rings (SSSR count). The monoisotopic (exact) mass is 716 g/mol. The molecule has 0 radical (unpaired) electrons. The van der Waals surface area contributed by atoms with E-state index in [2.05, 4.69) is 162 Å². The van der Waals surface area contributed by atoms with E-state index in [-0.39, 0.29) is 0 Å². The molecular weight excluding hydrogens is 681 g/mol. The summed E-state index contributed by atoms with van der Waals surface area (Å²) in [4.78, 5) is 15.3. The minimum atomic E-state index is -0.599. The molecule has 9 aromatic rings. The predicted molar refractivity (Wildman–Crippen MR) is 227 cm³/mol. The van der Waals surface area contributed by atoms with Crippen LogP contribution in [-0.2, 0) is 11.8 Å². The standard InChI is InChI=1S/C52H36N4/c1-4-16-35(17-5-1)45-34-46(55-51(54-45)37-18-6-2-7-19-37)36-27-29-39(30-28-36)56-47-25-13-11-23-41(47)43-32-31-42-40-22-10-12-24-44(40)52(49(42)50(43)56,38-20-8-3-9-21-38)48-26-14-15-33-53-48/h1-30,33-34H,31-32H2. The molecular formula is C52H36N4. The number of para-hydroxylation sites is 1. The van der Waals surface area contributed by atoms with Crippen molar-refractivity contribution in [3.63, 3.8) is 0 Å². The lowest BCUT2D eigenvalue weighted by Crippen LogP contribution is -2.32. The molecule has 0 bridgehead atoms. The van der Waals surface area contributed by atoms with Gasteiger partial charge in [0, 0.05) is 39.5 Å². The average Bonchev–Trinajstić information content (AvgIpc) is 3.79. The average molecular weight is 717 g/mol. The quantitative estimate of drug-likeness (QED) is 0.172. The number of hydrogen-bond donors (Lipinski definition) is 0. The van der Waals surface area contributed by atoms with Gasteiger partial charge in [-0.25, -0.2) is 9.97 Å². The first-order chi connectivity index (χ1) is 27.8. The number of hydrogen-bond acceptors (Lipinski definition) is 3. The van der Waals surface area contributed by atoms with Crippen molar-refractivity contribution in [3.05, 3.63) is 228 Å². The molecule has 4 nitrogen and oxygen atoms in total. The third-order valence-electron chi connectivity index (χ3n) is 11.7. The Morgan fingerprint density at radius 3 is 1.88 bits per heavy atom. The zero-order valence-corrected chi connectivity index (χ0v) is 30.7. The van der Waals surface area contributed by atoms with E-state index in [4.69, 9.17) is 15.0 Å². The van der Waals surface area contributed by atoms with Crippen LogP contribution in [0.3, 0.4) is 0 Å². The summed E-state index contributed by atoms with van der Waals surface area (Å²) in [7, 11) is 0. The lowest BCUT2D eigenvalue weighted by atomic mass is 9.66. The van der Waals surface area contributed by atoms with Gasteiger partial charge in [-0.15, -0.1) is 0 Å². The summed E-state index contributed by atoms with van der Waals surface area (Å²) in [6.45, 7) is 0. The third kappa shape index (κ3) is 4.89. The summed E-state index contributed by atoms with van der Waals surface area (Å²) >= 11 is 0. The maximum absolute atomic E-state index is 5.18. The number of aromatic nitrogens is 4. The van der Waals surface area contributed by atoms with Gasteiger partial charge in [-0.1, -0.05) is 152 Å². The fourth-order valence-corrected chi connectivity index (χ4v) is 9.33. The fourth-order valence-electron chi connectivity index (χ4n) is 9.33. The molecule has 1 atom stereocenters. The molecule has 56 heavy (non-hydrogen) atoms. The molecule has 0 aliphatic heterocycles. The van der Waals surface area contributed by atoms with Gasteiger partial charge in [0.15, 0.2) is 5.82 Å². The van der Waals surface area contributed by atoms with Crippen LogP contribution in [0.25, 0.3) is 61.6 Å². The highest BCUT2D eigenvalue weighted by Crippen LogP contribution is 2.61. The Balaban J connectivity index is 1.14. The van der Waals surface area contributed by atoms with Crippen LogP contribution >= 0.6 is 0 Å². The van der Waals surface area contributed by atoms with E-state index >= 15 is 0 Å². The molecule has 3 aromatic heterocycles. The summed E-state index contributed by atoms with van der Waals surface area (Å²) in [5.74, 6) is 0.712. The Hall–Kier alpha value is -7.17. The SMILES string of the molecule is c1ccc(-c2cc(-c3ccc(-n4c5c(c6ccccc64)CCC4=C5C(c5ccccc5)(c5ccccn5)c5ccccc54)cc3)nc(-c3ccccc3)n2)cc1. The van der Waals surface area contributed by atoms with Crippen molar-refractivity contribution in [2.75, 3.05) is 0 Å². The minimum absolute atomic E-state index is 0.599. The van der Waals surface area contributed by atoms with Crippen LogP contribution in [0.2, 0.25) is 0 Å². The van der Waals surface area contributed by atoms with Crippen LogP contribution in [0, 0.1) is 0 Å². The molecule has 3 heterocycles. The Bertz CT molecular complexity index is 2830. The van der Waals surface area contributed by atoms with Gasteiger partial charge in [0.05, 0.1) is 33.7 Å². The van der Waals surface area contributed by atoms with Crippen molar-refractivity contribution < 1.29 is 0 Å². The Kier molecular flexibility index (Phi) is 7.49. The minimum Gasteiger partial charge on any atom is -0.309 e. The van der Waals surface area contributed by atoms with Crippen molar-refractivity contribution in [2.24, 2.45) is 0 Å². The molecule has 0 N–H and O–H groups in total. The zero-order valence-electron chi connectivity index (χ0n) is 30.7. The number of nitrogens with zero attached hydrogens (tertiary/aromatic N) is 4. The second-order valence-electron chi connectivity index (χ2n) is 14.7. The lowest BCUT2D eigenvalue weighted by molar-refractivity contribution is 0.764. The molecule has 0 fully saturated rings. The maximum atomic E-state index is 5.18. The number of fused-ring (bicyclic) bond motifs is 6. The van der Waals surface area contributed by atoms with Crippen LogP contribution in [0.4, 0.5) is 0 Å². The van der Waals surface area contributed by atoms with E-state index in [0.29, 0.717) is 5.82 Å². The van der Waals surface area contributed by atoms with E-state index in [1.54, 1.807) is 0 Å². The maximum Gasteiger partial charge on any atom is 0.160 e. The molecule has 4 heteroatoms. The molecule has 6 aromatic carbocycles. The number of aryl methyl sites for hydroxylation is 1. The Labute approximate surface area is 326 Å². The first-order valence-corrected chi connectivity index (χ1v) is 19.3. The molecule has 0 spiro atoms. The van der Waals surface area contributed by atoms with Crippen molar-refractivity contribution in [2.45, 2.75) is 18.3 Å². The van der Waals surface area contributed by atoms with Gasteiger partial charge in [0.2, 0.25) is 0 Å². The van der Waals surface area contributed by atoms with Crippen LogP contribution in [-0.4, -0.2) is 19.5 Å². The highest BCUT2D eigenvalue weighted by Gasteiger charge is 2.52. The van der Waals surface area contributed by atoms with E-state index in [1.165, 1.54) is 50.0 Å². The van der Waals surface area contributed by atoms with Crippen LogP contribution < -0.4 is 0 Å². The van der Waals surface area contributed by atoms with Gasteiger partial charge < -0.3 is 4.57 Å². The van der Waals surface area contributed by atoms with Gasteiger partial charge in [-0.3, -0.25) is 4.98 Å². The van der Waals surface area contributed by atoms with Crippen LogP contribution in [0.15, 0.2) is 194 Å². The molecule has 2 aliphatic rings. The smallest absolute Gasteiger partial charge is 0.160 e. The number of allylic oxidation sites excluding steroid dienone is 2. The van der Waals surface area contributed by atoms with E-state index in [1.807, 2.05) is 36.5 Å². The molecule has 1 unspecified atom stereocenters. The van der Waals surface area contributed by atoms with Crippen LogP contribution in [0.1, 0.15) is 40.1 Å². The molecule has 0 amide bonds. The van der Waals surface area contributed by atoms with Crippen molar-refractivity contribution in [1.29, 1.82) is 0 Å². The van der Waals surface area contributed by atoms with Crippen molar-refractivity contribution in [1.82, 2.24) is 19.5 Å². The third-order valence-corrected chi connectivity index (χ3v) is 11.7. The predicted octanol–water partition coefficient (Wildman–Crippen LogP) is 12.0. The molecule has 0 saturated heterocycles. The van der Waals surface area contributed by atoms with E-state index in [0.717, 1.165) is 52.3 Å². The Morgan fingerprint density at radius 2 is 1.14 bits per heavy atom. The van der Waals surface area contributed by atoms with Crippen LogP contribution in [0.5, 0.6) is 0 Å². The van der Waals surface area contributed by atoms with Crippen molar-refractivity contribution >= 4 is 22.0 Å². The second kappa shape index (κ2) is 13.0. The summed E-state index contributed by atoms with van der Waals surface area (Å²) < 4.78 is 2.51. The summed E-state index contributed by atoms with van der Waals surface area (Å²) in [5, 5.41) is 1.30. The van der Waals surface area contributed by atoms with Gasteiger partial charge in [0.25, 0.3) is 0 Å². The summed E-state index contributed by atoms with van der Waals surface area (Å²) in [5.41, 5.74) is 16.9. The first kappa shape index (κ1) is 32.3. The number of pyridine rings is 1. The van der Waals surface area contributed by atoms with Gasteiger partial charge >= 0.3 is 0 Å². The summed E-state index contributed by atoms with van der Waals surface area (Å²) in [6.07, 6.45) is 3.88. The van der Waals surface area contributed by atoms with Gasteiger partial charge in [-0.05, 0) is 77.1 Å². The fraction of sp³-hybridized carbons (Fsp3) is 0.0577. The number of rotatable bonds is 6. The lowest BCUT2D eigenvalue weighted by Gasteiger charge is -2.36. The number of benzene rings is 6. The molecule has 264 valence electrons. The topological polar surface area (TPSA) is 43.6 Å². The summed E-state index contributed by atoms with van der Waals surface area (Å²) in [6, 6.07) is 67.0. The zero-order chi connectivity index (χ0) is 37.1. The Morgan fingerprint density at radius 1 is 0.518 bits per heavy atom. The highest BCUT2D eigenvalue weighted by molar-refractivity contribution is 6.10. The second-order valence-corrected chi connectivity index (χ2v) is 14.7. The first-order valence-electron chi connectivity index (χ1n) is 19.3. The van der Waals surface area contributed by atoms with Gasteiger partial charge in [-0.2, -0.15) is 0 Å².